The van der Waals surface area contributed by atoms with Crippen molar-refractivity contribution in [2.75, 3.05) is 0 Å². The molecule has 2 aromatic carbocycles. The lowest BCUT2D eigenvalue weighted by Crippen LogP contribution is -2.05. The number of ketones is 1. The van der Waals surface area contributed by atoms with Gasteiger partial charge in [0.15, 0.2) is 5.69 Å². The van der Waals surface area contributed by atoms with Gasteiger partial charge in [-0.25, -0.2) is 4.68 Å². The van der Waals surface area contributed by atoms with Gasteiger partial charge in [-0.2, -0.15) is 10.4 Å². The third-order valence-electron chi connectivity index (χ3n) is 3.38. The Bertz CT molecular complexity index is 856. The van der Waals surface area contributed by atoms with Gasteiger partial charge in [-0.05, 0) is 19.1 Å². The standard InChI is InChI=1S/C18H13N3O/c1-13-7-9-16(10-8-13)21-12-15(11-19)17(20-21)18(22)14-5-3-2-4-6-14/h2-10,12H,1H3. The maximum Gasteiger partial charge on any atom is 0.214 e. The molecule has 0 unspecified atom stereocenters. The minimum Gasteiger partial charge on any atom is -0.287 e. The Morgan fingerprint density at radius 2 is 1.77 bits per heavy atom. The van der Waals surface area contributed by atoms with Gasteiger partial charge in [-0.1, -0.05) is 48.0 Å². The first-order valence-corrected chi connectivity index (χ1v) is 6.85. The monoisotopic (exact) mass is 287 g/mol. The summed E-state index contributed by atoms with van der Waals surface area (Å²) in [5, 5.41) is 13.6. The Hall–Kier alpha value is -3.19. The van der Waals surface area contributed by atoms with E-state index in [1.54, 1.807) is 35.1 Å². The lowest BCUT2D eigenvalue weighted by atomic mass is 10.1. The number of nitrogens with zero attached hydrogens (tertiary/aromatic N) is 3. The van der Waals surface area contributed by atoms with Crippen molar-refractivity contribution >= 4 is 5.78 Å². The molecule has 3 aromatic rings. The normalized spacial score (nSPS) is 10.2. The van der Waals surface area contributed by atoms with E-state index in [2.05, 4.69) is 5.10 Å². The minimum atomic E-state index is -0.247. The zero-order chi connectivity index (χ0) is 15.5. The van der Waals surface area contributed by atoms with Crippen LogP contribution in [0.4, 0.5) is 0 Å². The van der Waals surface area contributed by atoms with Crippen molar-refractivity contribution < 1.29 is 4.79 Å². The van der Waals surface area contributed by atoms with Gasteiger partial charge in [-0.15, -0.1) is 0 Å². The van der Waals surface area contributed by atoms with Crippen molar-refractivity contribution in [1.82, 2.24) is 9.78 Å². The molecule has 1 aromatic heterocycles. The summed E-state index contributed by atoms with van der Waals surface area (Å²) in [6.07, 6.45) is 1.58. The number of rotatable bonds is 3. The van der Waals surface area contributed by atoms with Gasteiger partial charge in [0.25, 0.3) is 0 Å². The molecule has 0 atom stereocenters. The highest BCUT2D eigenvalue weighted by Gasteiger charge is 2.18. The Kier molecular flexibility index (Phi) is 3.55. The second-order valence-electron chi connectivity index (χ2n) is 4.98. The van der Waals surface area contributed by atoms with Crippen molar-refractivity contribution in [2.24, 2.45) is 0 Å². The molecule has 0 radical (unpaired) electrons. The molecule has 3 rings (SSSR count). The van der Waals surface area contributed by atoms with Crippen LogP contribution in [0.2, 0.25) is 0 Å². The molecule has 1 heterocycles. The molecule has 0 saturated carbocycles. The summed E-state index contributed by atoms with van der Waals surface area (Å²) >= 11 is 0. The molecule has 4 nitrogen and oxygen atoms in total. The molecular weight excluding hydrogens is 274 g/mol. The number of hydrogen-bond donors (Lipinski definition) is 0. The molecule has 0 fully saturated rings. The highest BCUT2D eigenvalue weighted by Crippen LogP contribution is 2.16. The van der Waals surface area contributed by atoms with E-state index in [4.69, 9.17) is 0 Å². The number of aromatic nitrogens is 2. The molecule has 0 aliphatic carbocycles. The summed E-state index contributed by atoms with van der Waals surface area (Å²) in [6.45, 7) is 2.00. The summed E-state index contributed by atoms with van der Waals surface area (Å²) in [6, 6.07) is 18.6. The van der Waals surface area contributed by atoms with Crippen LogP contribution in [0.15, 0.2) is 60.8 Å². The van der Waals surface area contributed by atoms with Crippen LogP contribution in [-0.4, -0.2) is 15.6 Å². The Balaban J connectivity index is 2.04. The molecular formula is C18H13N3O. The van der Waals surface area contributed by atoms with E-state index >= 15 is 0 Å². The fourth-order valence-electron chi connectivity index (χ4n) is 2.18. The third kappa shape index (κ3) is 2.52. The van der Waals surface area contributed by atoms with E-state index in [1.165, 1.54) is 0 Å². The van der Waals surface area contributed by atoms with E-state index in [1.807, 2.05) is 43.3 Å². The van der Waals surface area contributed by atoms with E-state index in [0.29, 0.717) is 5.56 Å². The van der Waals surface area contributed by atoms with Crippen LogP contribution in [0.3, 0.4) is 0 Å². The smallest absolute Gasteiger partial charge is 0.214 e. The van der Waals surface area contributed by atoms with Crippen LogP contribution < -0.4 is 0 Å². The van der Waals surface area contributed by atoms with Crippen LogP contribution in [0.5, 0.6) is 0 Å². The molecule has 0 spiro atoms. The van der Waals surface area contributed by atoms with Crippen LogP contribution in [0, 0.1) is 18.3 Å². The molecule has 0 amide bonds. The van der Waals surface area contributed by atoms with Crippen LogP contribution in [-0.2, 0) is 0 Å². The second kappa shape index (κ2) is 5.66. The topological polar surface area (TPSA) is 58.7 Å². The van der Waals surface area contributed by atoms with Crippen LogP contribution in [0.25, 0.3) is 5.69 Å². The number of carbonyl (C=O) groups excluding carboxylic acids is 1. The predicted molar refractivity (Wildman–Crippen MR) is 82.9 cm³/mol. The van der Waals surface area contributed by atoms with Crippen molar-refractivity contribution in [3.05, 3.63) is 83.2 Å². The van der Waals surface area contributed by atoms with Crippen LogP contribution >= 0.6 is 0 Å². The molecule has 0 N–H and O–H groups in total. The maximum absolute atomic E-state index is 12.5. The summed E-state index contributed by atoms with van der Waals surface area (Å²) in [7, 11) is 0. The van der Waals surface area contributed by atoms with Gasteiger partial charge >= 0.3 is 0 Å². The maximum atomic E-state index is 12.5. The Labute approximate surface area is 128 Å². The Morgan fingerprint density at radius 1 is 1.09 bits per heavy atom. The third-order valence-corrected chi connectivity index (χ3v) is 3.38. The molecule has 4 heteroatoms. The highest BCUT2D eigenvalue weighted by molar-refractivity contribution is 6.09. The van der Waals surface area contributed by atoms with E-state index in [0.717, 1.165) is 11.3 Å². The zero-order valence-electron chi connectivity index (χ0n) is 12.0. The number of nitriles is 1. The fourth-order valence-corrected chi connectivity index (χ4v) is 2.18. The SMILES string of the molecule is Cc1ccc(-n2cc(C#N)c(C(=O)c3ccccc3)n2)cc1. The van der Waals surface area contributed by atoms with Gasteiger partial charge in [0, 0.05) is 11.8 Å². The van der Waals surface area contributed by atoms with Gasteiger partial charge < -0.3 is 0 Å². The second-order valence-corrected chi connectivity index (χ2v) is 4.98. The largest absolute Gasteiger partial charge is 0.287 e. The molecule has 106 valence electrons. The summed E-state index contributed by atoms with van der Waals surface area (Å²) < 4.78 is 1.56. The molecule has 0 aliphatic rings. The first-order chi connectivity index (χ1) is 10.7. The van der Waals surface area contributed by atoms with Crippen LogP contribution in [0.1, 0.15) is 27.2 Å². The number of carbonyl (C=O) groups is 1. The van der Waals surface area contributed by atoms with Crippen molar-refractivity contribution in [3.63, 3.8) is 0 Å². The first-order valence-electron chi connectivity index (χ1n) is 6.85. The van der Waals surface area contributed by atoms with Crippen molar-refractivity contribution in [2.45, 2.75) is 6.92 Å². The van der Waals surface area contributed by atoms with Gasteiger partial charge in [0.2, 0.25) is 5.78 Å². The molecule has 0 saturated heterocycles. The molecule has 0 aliphatic heterocycles. The lowest BCUT2D eigenvalue weighted by Gasteiger charge is -2.01. The lowest BCUT2D eigenvalue weighted by molar-refractivity contribution is 0.103. The zero-order valence-corrected chi connectivity index (χ0v) is 12.0. The number of aryl methyl sites for hydroxylation is 1. The number of benzene rings is 2. The minimum absolute atomic E-state index is 0.175. The molecule has 0 bridgehead atoms. The Morgan fingerprint density at radius 3 is 2.41 bits per heavy atom. The van der Waals surface area contributed by atoms with Crippen molar-refractivity contribution in [3.8, 4) is 11.8 Å². The average Bonchev–Trinajstić information content (AvgIpc) is 3.00. The van der Waals surface area contributed by atoms with Gasteiger partial charge in [0.1, 0.15) is 11.6 Å². The van der Waals surface area contributed by atoms with Gasteiger partial charge in [-0.3, -0.25) is 4.79 Å². The van der Waals surface area contributed by atoms with E-state index < -0.39 is 0 Å². The van der Waals surface area contributed by atoms with E-state index in [-0.39, 0.29) is 17.0 Å². The predicted octanol–water partition coefficient (Wildman–Crippen LogP) is 3.28. The fraction of sp³-hybridized carbons (Fsp3) is 0.0556. The quantitative estimate of drug-likeness (QED) is 0.694. The first kappa shape index (κ1) is 13.8. The summed E-state index contributed by atoms with van der Waals surface area (Å²) in [5.41, 5.74) is 2.92. The molecule has 22 heavy (non-hydrogen) atoms. The van der Waals surface area contributed by atoms with E-state index in [9.17, 15) is 10.1 Å². The number of hydrogen-bond acceptors (Lipinski definition) is 3. The highest BCUT2D eigenvalue weighted by atomic mass is 16.1. The average molecular weight is 287 g/mol. The van der Waals surface area contributed by atoms with Gasteiger partial charge in [0.05, 0.1) is 5.69 Å². The summed E-state index contributed by atoms with van der Waals surface area (Å²) in [5.74, 6) is -0.247. The van der Waals surface area contributed by atoms with Crippen molar-refractivity contribution in [1.29, 1.82) is 5.26 Å². The summed E-state index contributed by atoms with van der Waals surface area (Å²) in [4.78, 5) is 12.5.